The highest BCUT2D eigenvalue weighted by atomic mass is 32.1. The van der Waals surface area contributed by atoms with E-state index in [0.29, 0.717) is 29.4 Å². The number of piperazine rings is 1. The highest BCUT2D eigenvalue weighted by Gasteiger charge is 2.46. The van der Waals surface area contributed by atoms with Crippen molar-refractivity contribution in [1.29, 1.82) is 0 Å². The molecule has 3 heterocycles. The van der Waals surface area contributed by atoms with Crippen molar-refractivity contribution in [2.75, 3.05) is 18.0 Å². The van der Waals surface area contributed by atoms with Crippen molar-refractivity contribution < 1.29 is 14.3 Å². The molecule has 0 saturated carbocycles. The molecule has 166 valence electrons. The minimum atomic E-state index is -0.502. The molecule has 2 saturated heterocycles. The van der Waals surface area contributed by atoms with Gasteiger partial charge in [-0.1, -0.05) is 35.5 Å². The Morgan fingerprint density at radius 1 is 1.06 bits per heavy atom. The lowest BCUT2D eigenvalue weighted by Gasteiger charge is -2.33. The molecular formula is C25H22N4O3S. The number of anilines is 1. The van der Waals surface area contributed by atoms with Gasteiger partial charge in [0.25, 0.3) is 11.8 Å². The number of likely N-dealkylation sites (tertiary alicyclic amines) is 1. The monoisotopic (exact) mass is 458 g/mol. The number of hydrogen-bond donors (Lipinski definition) is 1. The van der Waals surface area contributed by atoms with Gasteiger partial charge < -0.3 is 20.3 Å². The first-order valence-corrected chi connectivity index (χ1v) is 11.5. The lowest BCUT2D eigenvalue weighted by molar-refractivity contribution is -0.126. The molecule has 0 radical (unpaired) electrons. The number of carbonyl (C=O) groups is 2. The van der Waals surface area contributed by atoms with Crippen LogP contribution in [-0.2, 0) is 4.79 Å². The van der Waals surface area contributed by atoms with E-state index < -0.39 is 5.91 Å². The number of amides is 2. The van der Waals surface area contributed by atoms with Crippen LogP contribution in [0.15, 0.2) is 54.6 Å². The van der Waals surface area contributed by atoms with Crippen LogP contribution in [0.4, 0.5) is 5.13 Å². The van der Waals surface area contributed by atoms with Crippen LogP contribution < -0.4 is 15.4 Å². The van der Waals surface area contributed by atoms with E-state index in [-0.39, 0.29) is 18.0 Å². The van der Waals surface area contributed by atoms with E-state index in [0.717, 1.165) is 22.9 Å². The van der Waals surface area contributed by atoms with Crippen LogP contribution >= 0.6 is 11.3 Å². The predicted octanol–water partition coefficient (Wildman–Crippen LogP) is 3.51. The average Bonchev–Trinajstić information content (AvgIpc) is 3.54. The summed E-state index contributed by atoms with van der Waals surface area (Å²) in [4.78, 5) is 33.6. The van der Waals surface area contributed by atoms with Crippen LogP contribution in [0.2, 0.25) is 0 Å². The van der Waals surface area contributed by atoms with Gasteiger partial charge >= 0.3 is 0 Å². The summed E-state index contributed by atoms with van der Waals surface area (Å²) >= 11 is 1.30. The minimum Gasteiger partial charge on any atom is -0.457 e. The molecule has 7 nitrogen and oxygen atoms in total. The smallest absolute Gasteiger partial charge is 0.298 e. The lowest BCUT2D eigenvalue weighted by Crippen LogP contribution is -2.48. The predicted molar refractivity (Wildman–Crippen MR) is 127 cm³/mol. The Hall–Kier alpha value is -3.83. The Labute approximate surface area is 195 Å². The second-order valence-electron chi connectivity index (χ2n) is 8.01. The molecule has 2 aliphatic heterocycles. The lowest BCUT2D eigenvalue weighted by atomic mass is 10.1. The largest absolute Gasteiger partial charge is 0.457 e. The van der Waals surface area contributed by atoms with E-state index in [1.807, 2.05) is 59.5 Å². The van der Waals surface area contributed by atoms with Gasteiger partial charge in [-0.2, -0.15) is 0 Å². The number of ether oxygens (including phenoxy) is 1. The van der Waals surface area contributed by atoms with Crippen molar-refractivity contribution >= 4 is 28.3 Å². The van der Waals surface area contributed by atoms with Gasteiger partial charge in [-0.15, -0.1) is 0 Å². The van der Waals surface area contributed by atoms with Crippen molar-refractivity contribution in [3.8, 4) is 34.6 Å². The maximum Gasteiger partial charge on any atom is 0.298 e. The Morgan fingerprint density at radius 2 is 1.79 bits per heavy atom. The second-order valence-corrected chi connectivity index (χ2v) is 8.98. The van der Waals surface area contributed by atoms with E-state index in [2.05, 4.69) is 16.7 Å². The molecule has 1 aromatic heterocycles. The van der Waals surface area contributed by atoms with Crippen molar-refractivity contribution in [2.24, 2.45) is 5.73 Å². The quantitative estimate of drug-likeness (QED) is 0.591. The number of hydrogen-bond acceptors (Lipinski definition) is 6. The first-order chi connectivity index (χ1) is 16.0. The van der Waals surface area contributed by atoms with Gasteiger partial charge in [-0.25, -0.2) is 4.98 Å². The van der Waals surface area contributed by atoms with Gasteiger partial charge in [-0.05, 0) is 55.7 Å². The number of primary amides is 1. The number of para-hydroxylation sites is 1. The molecule has 2 N–H and O–H groups in total. The molecular weight excluding hydrogens is 436 g/mol. The summed E-state index contributed by atoms with van der Waals surface area (Å²) in [6.45, 7) is 2.96. The zero-order chi connectivity index (χ0) is 22.9. The zero-order valence-corrected chi connectivity index (χ0v) is 18.8. The van der Waals surface area contributed by atoms with Gasteiger partial charge in [0.2, 0.25) is 0 Å². The van der Waals surface area contributed by atoms with Crippen LogP contribution in [0.3, 0.4) is 0 Å². The van der Waals surface area contributed by atoms with E-state index in [9.17, 15) is 9.59 Å². The molecule has 2 bridgehead atoms. The second kappa shape index (κ2) is 8.60. The summed E-state index contributed by atoms with van der Waals surface area (Å²) in [6, 6.07) is 17.3. The minimum absolute atomic E-state index is 0.113. The molecule has 0 spiro atoms. The molecule has 33 heavy (non-hydrogen) atoms. The molecule has 2 fully saturated rings. The Balaban J connectivity index is 1.37. The number of thiazole rings is 1. The van der Waals surface area contributed by atoms with E-state index in [1.54, 1.807) is 6.92 Å². The fourth-order valence-corrected chi connectivity index (χ4v) is 5.45. The summed E-state index contributed by atoms with van der Waals surface area (Å²) in [5, 5.41) is 0.754. The number of nitrogens with two attached hydrogens (primary N) is 1. The summed E-state index contributed by atoms with van der Waals surface area (Å²) in [7, 11) is 0. The van der Waals surface area contributed by atoms with E-state index in [1.165, 1.54) is 11.3 Å². The van der Waals surface area contributed by atoms with Crippen molar-refractivity contribution in [2.45, 2.75) is 25.4 Å². The highest BCUT2D eigenvalue weighted by Crippen LogP contribution is 2.40. The van der Waals surface area contributed by atoms with Gasteiger partial charge in [-0.3, -0.25) is 9.59 Å². The van der Waals surface area contributed by atoms with Gasteiger partial charge in [0.1, 0.15) is 16.4 Å². The maximum absolute atomic E-state index is 12.2. The van der Waals surface area contributed by atoms with E-state index >= 15 is 0 Å². The van der Waals surface area contributed by atoms with Gasteiger partial charge in [0.15, 0.2) is 5.13 Å². The number of benzene rings is 2. The van der Waals surface area contributed by atoms with Crippen LogP contribution in [-0.4, -0.2) is 46.9 Å². The van der Waals surface area contributed by atoms with Crippen LogP contribution in [0.5, 0.6) is 11.5 Å². The van der Waals surface area contributed by atoms with Crippen molar-refractivity contribution in [3.05, 3.63) is 59.5 Å². The number of nitrogens with zero attached hydrogens (tertiary/aromatic N) is 3. The molecule has 2 aliphatic rings. The molecule has 8 heteroatoms. The molecule has 0 unspecified atom stereocenters. The highest BCUT2D eigenvalue weighted by molar-refractivity contribution is 7.18. The van der Waals surface area contributed by atoms with Gasteiger partial charge in [0.05, 0.1) is 17.8 Å². The SMILES string of the molecule is CC#CC(=O)N1C[C@@H]2C[C@H]1CN2c1nc(-c2ccc(Oc3ccccc3)cc2)c(C(N)=O)s1. The van der Waals surface area contributed by atoms with Crippen molar-refractivity contribution in [3.63, 3.8) is 0 Å². The van der Waals surface area contributed by atoms with Crippen LogP contribution in [0.1, 0.15) is 23.0 Å². The number of aromatic nitrogens is 1. The maximum atomic E-state index is 12.2. The normalized spacial score (nSPS) is 18.7. The summed E-state index contributed by atoms with van der Waals surface area (Å²) in [6.07, 6.45) is 0.878. The molecule has 2 atom stereocenters. The van der Waals surface area contributed by atoms with Gasteiger partial charge in [0, 0.05) is 18.7 Å². The molecule has 2 aromatic carbocycles. The standard InChI is InChI=1S/C25H22N4O3S/c1-2-6-21(30)28-14-18-13-17(28)15-29(18)25-27-22(23(33-25)24(26)31)16-9-11-20(12-10-16)32-19-7-4-3-5-8-19/h3-5,7-12,17-18H,13-15H2,1H3,(H2,26,31)/t17-,18-/m0/s1. The third-order valence-corrected chi connectivity index (χ3v) is 7.03. The van der Waals surface area contributed by atoms with Crippen LogP contribution in [0.25, 0.3) is 11.3 Å². The Bertz CT molecular complexity index is 1260. The fraction of sp³-hybridized carbons (Fsp3) is 0.240. The van der Waals surface area contributed by atoms with E-state index in [4.69, 9.17) is 15.5 Å². The molecule has 5 rings (SSSR count). The first kappa shape index (κ1) is 21.0. The average molecular weight is 459 g/mol. The molecule has 0 aliphatic carbocycles. The Morgan fingerprint density at radius 3 is 2.42 bits per heavy atom. The van der Waals surface area contributed by atoms with Crippen molar-refractivity contribution in [1.82, 2.24) is 9.88 Å². The number of carbonyl (C=O) groups excluding carboxylic acids is 2. The molecule has 2 amide bonds. The Kier molecular flexibility index (Phi) is 5.48. The molecule has 3 aromatic rings. The summed E-state index contributed by atoms with van der Waals surface area (Å²) in [5.41, 5.74) is 7.06. The topological polar surface area (TPSA) is 88.8 Å². The summed E-state index contributed by atoms with van der Waals surface area (Å²) in [5.74, 6) is 6.13. The first-order valence-electron chi connectivity index (χ1n) is 10.7. The fourth-order valence-electron chi connectivity index (χ4n) is 4.43. The number of rotatable bonds is 5. The third-order valence-electron chi connectivity index (χ3n) is 5.93. The summed E-state index contributed by atoms with van der Waals surface area (Å²) < 4.78 is 5.85. The van der Waals surface area contributed by atoms with Crippen LogP contribution in [0, 0.1) is 11.8 Å². The zero-order valence-electron chi connectivity index (χ0n) is 18.0. The third kappa shape index (κ3) is 4.03. The number of fused-ring (bicyclic) bond motifs is 2.